The topological polar surface area (TPSA) is 84.6 Å². The average molecular weight is 453 g/mol. The first-order valence-electron chi connectivity index (χ1n) is 11.1. The summed E-state index contributed by atoms with van der Waals surface area (Å²) >= 11 is 0. The molecule has 0 bridgehead atoms. The van der Waals surface area contributed by atoms with Crippen molar-refractivity contribution in [2.75, 3.05) is 31.2 Å². The Balaban J connectivity index is 1.31. The summed E-state index contributed by atoms with van der Waals surface area (Å²) in [4.78, 5) is 19.5. The highest BCUT2D eigenvalue weighted by molar-refractivity contribution is 5.92. The molecule has 4 aromatic rings. The quantitative estimate of drug-likeness (QED) is 0.357. The first kappa shape index (κ1) is 21.5. The molecule has 170 valence electrons. The lowest BCUT2D eigenvalue weighted by Crippen LogP contribution is -2.36. The van der Waals surface area contributed by atoms with Gasteiger partial charge >= 0.3 is 5.91 Å². The number of ether oxygens (including phenoxy) is 1. The fraction of sp³-hybridized carbons (Fsp3) is 0.154. The first-order valence-corrected chi connectivity index (χ1v) is 11.1. The number of carbonyl (C=O) groups excluding carboxylic acids is 1. The largest absolute Gasteiger partial charge is 0.378 e. The average Bonchev–Trinajstić information content (AvgIpc) is 3.36. The van der Waals surface area contributed by atoms with E-state index in [9.17, 15) is 4.79 Å². The lowest BCUT2D eigenvalue weighted by Gasteiger charge is -2.28. The summed E-state index contributed by atoms with van der Waals surface area (Å²) in [6.45, 7) is 3.26. The third-order valence-corrected chi connectivity index (χ3v) is 5.49. The Kier molecular flexibility index (Phi) is 6.40. The molecule has 0 atom stereocenters. The molecule has 0 saturated carbocycles. The molecule has 1 aromatic heterocycles. The van der Waals surface area contributed by atoms with Gasteiger partial charge in [0.25, 0.3) is 0 Å². The number of nitrogens with one attached hydrogen (secondary N) is 1. The first-order chi connectivity index (χ1) is 16.8. The van der Waals surface area contributed by atoms with Crippen molar-refractivity contribution >= 4 is 17.8 Å². The molecule has 8 heteroatoms. The summed E-state index contributed by atoms with van der Waals surface area (Å²) in [5, 5.41) is 8.55. The zero-order valence-corrected chi connectivity index (χ0v) is 18.5. The van der Waals surface area contributed by atoms with E-state index in [4.69, 9.17) is 4.74 Å². The zero-order valence-electron chi connectivity index (χ0n) is 18.5. The normalized spacial score (nSPS) is 13.8. The van der Waals surface area contributed by atoms with Gasteiger partial charge in [-0.15, -0.1) is 5.10 Å². The summed E-state index contributed by atoms with van der Waals surface area (Å²) in [5.74, 6) is 0.148. The third-order valence-electron chi connectivity index (χ3n) is 5.49. The van der Waals surface area contributed by atoms with Crippen molar-refractivity contribution in [3.8, 4) is 17.1 Å². The molecular formula is C26H24N6O2. The summed E-state index contributed by atoms with van der Waals surface area (Å²) in [6, 6.07) is 27.3. The molecule has 1 amide bonds. The number of rotatable bonds is 6. The van der Waals surface area contributed by atoms with Crippen LogP contribution < -0.4 is 10.3 Å². The van der Waals surface area contributed by atoms with E-state index in [1.54, 1.807) is 10.9 Å². The molecule has 0 spiro atoms. The minimum absolute atomic E-state index is 0.0440. The Morgan fingerprint density at radius 2 is 1.56 bits per heavy atom. The summed E-state index contributed by atoms with van der Waals surface area (Å²) in [7, 11) is 0. The number of morpholine rings is 1. The van der Waals surface area contributed by atoms with Crippen LogP contribution in [0.15, 0.2) is 90.0 Å². The Bertz CT molecular complexity index is 1210. The van der Waals surface area contributed by atoms with Crippen molar-refractivity contribution in [2.24, 2.45) is 5.10 Å². The summed E-state index contributed by atoms with van der Waals surface area (Å²) in [6.07, 6.45) is 1.60. The van der Waals surface area contributed by atoms with Gasteiger partial charge in [-0.25, -0.2) is 15.1 Å². The van der Waals surface area contributed by atoms with Crippen molar-refractivity contribution in [2.45, 2.75) is 0 Å². The van der Waals surface area contributed by atoms with E-state index in [0.29, 0.717) is 5.82 Å². The minimum atomic E-state index is -0.479. The predicted molar refractivity (Wildman–Crippen MR) is 131 cm³/mol. The van der Waals surface area contributed by atoms with Crippen LogP contribution in [0, 0.1) is 0 Å². The summed E-state index contributed by atoms with van der Waals surface area (Å²) < 4.78 is 7.07. The number of hydrogen-bond acceptors (Lipinski definition) is 6. The molecule has 1 saturated heterocycles. The maximum atomic E-state index is 12.7. The molecule has 8 nitrogen and oxygen atoms in total. The monoisotopic (exact) mass is 452 g/mol. The van der Waals surface area contributed by atoms with Gasteiger partial charge in [0.15, 0.2) is 5.82 Å². The van der Waals surface area contributed by atoms with Crippen LogP contribution in [0.4, 0.5) is 5.69 Å². The number of carbonyl (C=O) groups is 1. The van der Waals surface area contributed by atoms with Gasteiger partial charge in [0, 0.05) is 24.3 Å². The van der Waals surface area contributed by atoms with E-state index in [1.165, 1.54) is 0 Å². The van der Waals surface area contributed by atoms with Crippen LogP contribution in [-0.2, 0) is 4.74 Å². The van der Waals surface area contributed by atoms with Crippen LogP contribution in [0.1, 0.15) is 16.2 Å². The second kappa shape index (κ2) is 10.1. The van der Waals surface area contributed by atoms with Crippen LogP contribution in [0.3, 0.4) is 0 Å². The number of para-hydroxylation sites is 1. The van der Waals surface area contributed by atoms with Crippen molar-refractivity contribution in [3.63, 3.8) is 0 Å². The fourth-order valence-electron chi connectivity index (χ4n) is 3.74. The van der Waals surface area contributed by atoms with Gasteiger partial charge in [0.2, 0.25) is 5.82 Å². The number of benzene rings is 3. The fourth-order valence-corrected chi connectivity index (χ4v) is 3.74. The van der Waals surface area contributed by atoms with Crippen LogP contribution in [0.25, 0.3) is 17.1 Å². The second-order valence-corrected chi connectivity index (χ2v) is 7.76. The third kappa shape index (κ3) is 4.87. The molecule has 1 aliphatic rings. The zero-order chi connectivity index (χ0) is 23.2. The molecule has 34 heavy (non-hydrogen) atoms. The second-order valence-electron chi connectivity index (χ2n) is 7.76. The smallest absolute Gasteiger partial charge is 0.311 e. The lowest BCUT2D eigenvalue weighted by molar-refractivity contribution is 0.0945. The lowest BCUT2D eigenvalue weighted by atomic mass is 10.2. The molecule has 1 N–H and O–H groups in total. The van der Waals surface area contributed by atoms with Gasteiger partial charge in [-0.3, -0.25) is 4.79 Å². The van der Waals surface area contributed by atoms with E-state index in [1.807, 2.05) is 84.9 Å². The van der Waals surface area contributed by atoms with Crippen molar-refractivity contribution in [1.82, 2.24) is 20.2 Å². The molecule has 0 radical (unpaired) electrons. The Hall–Kier alpha value is -4.30. The van der Waals surface area contributed by atoms with Crippen LogP contribution in [-0.4, -0.2) is 53.2 Å². The predicted octanol–water partition coefficient (Wildman–Crippen LogP) is 3.53. The molecule has 3 aromatic carbocycles. The molecule has 1 fully saturated rings. The number of anilines is 1. The van der Waals surface area contributed by atoms with Gasteiger partial charge < -0.3 is 9.64 Å². The van der Waals surface area contributed by atoms with Crippen molar-refractivity contribution in [1.29, 1.82) is 0 Å². The van der Waals surface area contributed by atoms with Gasteiger partial charge in [0.05, 0.1) is 25.1 Å². The van der Waals surface area contributed by atoms with E-state index >= 15 is 0 Å². The highest BCUT2D eigenvalue weighted by Gasteiger charge is 2.18. The maximum absolute atomic E-state index is 12.7. The van der Waals surface area contributed by atoms with E-state index in [2.05, 4.69) is 25.5 Å². The molecule has 0 aliphatic carbocycles. The molecule has 2 heterocycles. The molecule has 0 unspecified atom stereocenters. The number of amides is 1. The maximum Gasteiger partial charge on any atom is 0.311 e. The molecular weight excluding hydrogens is 428 g/mol. The van der Waals surface area contributed by atoms with Crippen LogP contribution in [0.5, 0.6) is 0 Å². The summed E-state index contributed by atoms with van der Waals surface area (Å²) in [5.41, 5.74) is 6.24. The van der Waals surface area contributed by atoms with E-state index in [-0.39, 0.29) is 5.82 Å². The van der Waals surface area contributed by atoms with Crippen LogP contribution in [0.2, 0.25) is 0 Å². The Morgan fingerprint density at radius 3 is 2.26 bits per heavy atom. The highest BCUT2D eigenvalue weighted by atomic mass is 16.5. The van der Waals surface area contributed by atoms with E-state index in [0.717, 1.165) is 48.8 Å². The van der Waals surface area contributed by atoms with Gasteiger partial charge in [-0.1, -0.05) is 60.7 Å². The number of nitrogens with zero attached hydrogens (tertiary/aromatic N) is 5. The van der Waals surface area contributed by atoms with E-state index < -0.39 is 5.91 Å². The van der Waals surface area contributed by atoms with Crippen molar-refractivity contribution in [3.05, 3.63) is 96.3 Å². The number of hydrogen-bond donors (Lipinski definition) is 1. The molecule has 1 aliphatic heterocycles. The van der Waals surface area contributed by atoms with Gasteiger partial charge in [-0.2, -0.15) is 5.10 Å². The van der Waals surface area contributed by atoms with Gasteiger partial charge in [0.1, 0.15) is 0 Å². The Morgan fingerprint density at radius 1 is 0.882 bits per heavy atom. The van der Waals surface area contributed by atoms with Crippen molar-refractivity contribution < 1.29 is 9.53 Å². The standard InChI is InChI=1S/C26H24N6O2/c33-26(29-27-19-20-11-13-22(14-12-20)31-15-17-34-18-16-31)24-28-25(21-7-3-1-4-8-21)32(30-24)23-9-5-2-6-10-23/h1-14,19H,15-18H2,(H,29,33)/b27-19+. The molecule has 5 rings (SSSR count). The SMILES string of the molecule is O=C(N/N=C/c1ccc(N2CCOCC2)cc1)c1nc(-c2ccccc2)n(-c2ccccc2)n1. The number of aromatic nitrogens is 3. The minimum Gasteiger partial charge on any atom is -0.378 e. The van der Waals surface area contributed by atoms with Crippen LogP contribution >= 0.6 is 0 Å². The number of hydrazone groups is 1. The highest BCUT2D eigenvalue weighted by Crippen LogP contribution is 2.21. The Labute approximate surface area is 197 Å². The van der Waals surface area contributed by atoms with Gasteiger partial charge in [-0.05, 0) is 29.8 Å².